The van der Waals surface area contributed by atoms with E-state index in [1.54, 1.807) is 0 Å². The van der Waals surface area contributed by atoms with Gasteiger partial charge in [0.25, 0.3) is 0 Å². The van der Waals surface area contributed by atoms with Gasteiger partial charge in [0, 0.05) is 12.4 Å². The van der Waals surface area contributed by atoms with Gasteiger partial charge in [-0.15, -0.1) is 0 Å². The quantitative estimate of drug-likeness (QED) is 0.684. The second-order valence-electron chi connectivity index (χ2n) is 5.18. The zero-order valence-corrected chi connectivity index (χ0v) is 10.9. The van der Waals surface area contributed by atoms with Crippen LogP contribution in [0.5, 0.6) is 0 Å². The zero-order chi connectivity index (χ0) is 11.1. The van der Waals surface area contributed by atoms with Crippen LogP contribution in [0.2, 0.25) is 0 Å². The van der Waals surface area contributed by atoms with E-state index in [1.165, 1.54) is 37.2 Å². The van der Waals surface area contributed by atoms with E-state index in [0.717, 1.165) is 13.2 Å². The number of ether oxygens (including phenoxy) is 1. The highest BCUT2D eigenvalue weighted by Crippen LogP contribution is 2.23. The summed E-state index contributed by atoms with van der Waals surface area (Å²) in [6.07, 6.45) is 5.58. The highest BCUT2D eigenvalue weighted by atomic mass is 32.2. The smallest absolute Gasteiger partial charge is 0.0666 e. The van der Waals surface area contributed by atoms with Crippen molar-refractivity contribution >= 4 is 11.8 Å². The molecule has 1 fully saturated rings. The summed E-state index contributed by atoms with van der Waals surface area (Å²) in [6, 6.07) is 0. The van der Waals surface area contributed by atoms with Crippen LogP contribution in [0.15, 0.2) is 0 Å². The lowest BCUT2D eigenvalue weighted by atomic mass is 9.88. The summed E-state index contributed by atoms with van der Waals surface area (Å²) in [5, 5.41) is 0. The molecular weight excluding hydrogens is 206 g/mol. The second kappa shape index (κ2) is 6.77. The predicted molar refractivity (Wildman–Crippen MR) is 68.4 cm³/mol. The van der Waals surface area contributed by atoms with Crippen molar-refractivity contribution in [3.63, 3.8) is 0 Å². The first-order valence-electron chi connectivity index (χ1n) is 6.03. The van der Waals surface area contributed by atoms with Crippen LogP contribution >= 0.6 is 11.8 Å². The summed E-state index contributed by atoms with van der Waals surface area (Å²) in [5.41, 5.74) is 6.02. The third-order valence-electron chi connectivity index (χ3n) is 3.02. The molecule has 0 aliphatic carbocycles. The lowest BCUT2D eigenvalue weighted by Crippen LogP contribution is -2.23. The summed E-state index contributed by atoms with van der Waals surface area (Å²) in [4.78, 5) is 0. The minimum absolute atomic E-state index is 0.324. The Balaban J connectivity index is 1.92. The first kappa shape index (κ1) is 13.3. The average Bonchev–Trinajstić information content (AvgIpc) is 2.70. The molecule has 3 heteroatoms. The lowest BCUT2D eigenvalue weighted by molar-refractivity contribution is 0.129. The van der Waals surface area contributed by atoms with Crippen molar-refractivity contribution < 1.29 is 4.74 Å². The minimum atomic E-state index is 0.324. The topological polar surface area (TPSA) is 35.2 Å². The fraction of sp³-hybridized carbons (Fsp3) is 1.00. The van der Waals surface area contributed by atoms with Crippen LogP contribution < -0.4 is 5.73 Å². The molecular formula is C12H25NOS. The molecule has 2 N–H and O–H groups in total. The Kier molecular flexibility index (Phi) is 6.02. The van der Waals surface area contributed by atoms with Crippen LogP contribution in [-0.2, 0) is 4.74 Å². The van der Waals surface area contributed by atoms with Gasteiger partial charge in [-0.2, -0.15) is 11.8 Å². The van der Waals surface area contributed by atoms with Crippen LogP contribution in [0.1, 0.15) is 39.5 Å². The third-order valence-corrected chi connectivity index (χ3v) is 4.21. The van der Waals surface area contributed by atoms with E-state index in [0.29, 0.717) is 11.5 Å². The fourth-order valence-corrected chi connectivity index (χ4v) is 2.79. The molecule has 0 spiro atoms. The molecule has 0 bridgehead atoms. The van der Waals surface area contributed by atoms with Crippen molar-refractivity contribution in [2.75, 3.05) is 24.7 Å². The Morgan fingerprint density at radius 2 is 2.27 bits per heavy atom. The van der Waals surface area contributed by atoms with Gasteiger partial charge in [-0.1, -0.05) is 13.8 Å². The summed E-state index contributed by atoms with van der Waals surface area (Å²) in [7, 11) is 0. The molecule has 1 saturated heterocycles. The van der Waals surface area contributed by atoms with Crippen molar-refractivity contribution in [2.45, 2.75) is 45.6 Å². The Bertz CT molecular complexity index is 167. The summed E-state index contributed by atoms with van der Waals surface area (Å²) in [5.74, 6) is 2.44. The molecule has 1 unspecified atom stereocenters. The van der Waals surface area contributed by atoms with Crippen LogP contribution in [-0.4, -0.2) is 30.8 Å². The van der Waals surface area contributed by atoms with Crippen molar-refractivity contribution in [3.05, 3.63) is 0 Å². The van der Waals surface area contributed by atoms with E-state index in [4.69, 9.17) is 10.5 Å². The Morgan fingerprint density at radius 3 is 2.87 bits per heavy atom. The van der Waals surface area contributed by atoms with E-state index < -0.39 is 0 Å². The van der Waals surface area contributed by atoms with Crippen molar-refractivity contribution in [1.82, 2.24) is 0 Å². The number of nitrogens with two attached hydrogens (primary N) is 1. The molecule has 0 amide bonds. The minimum Gasteiger partial charge on any atom is -0.377 e. The average molecular weight is 231 g/mol. The molecule has 1 rings (SSSR count). The standard InChI is InChI=1S/C12H25NOS/c1-12(2,10-13)6-4-8-15-9-11-5-3-7-14-11/h11H,3-10,13H2,1-2H3. The van der Waals surface area contributed by atoms with Crippen LogP contribution in [0, 0.1) is 5.41 Å². The molecule has 0 aromatic rings. The molecule has 1 aliphatic heterocycles. The highest BCUT2D eigenvalue weighted by Gasteiger charge is 2.16. The largest absolute Gasteiger partial charge is 0.377 e. The van der Waals surface area contributed by atoms with Crippen molar-refractivity contribution in [1.29, 1.82) is 0 Å². The maximum absolute atomic E-state index is 5.69. The van der Waals surface area contributed by atoms with E-state index in [-0.39, 0.29) is 0 Å². The predicted octanol–water partition coefficient (Wildman–Crippen LogP) is 2.66. The van der Waals surface area contributed by atoms with E-state index in [1.807, 2.05) is 11.8 Å². The van der Waals surface area contributed by atoms with Gasteiger partial charge in [-0.05, 0) is 43.4 Å². The van der Waals surface area contributed by atoms with Crippen LogP contribution in [0.25, 0.3) is 0 Å². The van der Waals surface area contributed by atoms with Gasteiger partial charge in [0.2, 0.25) is 0 Å². The normalized spacial score (nSPS) is 22.2. The van der Waals surface area contributed by atoms with Gasteiger partial charge in [-0.25, -0.2) is 0 Å². The molecule has 0 saturated carbocycles. The van der Waals surface area contributed by atoms with Gasteiger partial charge in [-0.3, -0.25) is 0 Å². The highest BCUT2D eigenvalue weighted by molar-refractivity contribution is 7.99. The van der Waals surface area contributed by atoms with Crippen LogP contribution in [0.3, 0.4) is 0 Å². The summed E-state index contributed by atoms with van der Waals surface area (Å²) in [6.45, 7) is 6.27. The monoisotopic (exact) mass is 231 g/mol. The van der Waals surface area contributed by atoms with Crippen LogP contribution in [0.4, 0.5) is 0 Å². The van der Waals surface area contributed by atoms with Crippen molar-refractivity contribution in [3.8, 4) is 0 Å². The van der Waals surface area contributed by atoms with Gasteiger partial charge >= 0.3 is 0 Å². The number of hydrogen-bond donors (Lipinski definition) is 1. The Labute approximate surface area is 98.3 Å². The molecule has 90 valence electrons. The molecule has 1 aliphatic rings. The second-order valence-corrected chi connectivity index (χ2v) is 6.33. The Morgan fingerprint density at radius 1 is 1.47 bits per heavy atom. The zero-order valence-electron chi connectivity index (χ0n) is 10.1. The Hall–Kier alpha value is 0.270. The molecule has 0 aromatic heterocycles. The SMILES string of the molecule is CC(C)(CN)CCCSCC1CCCO1. The van der Waals surface area contributed by atoms with Gasteiger partial charge in [0.05, 0.1) is 6.10 Å². The maximum atomic E-state index is 5.69. The molecule has 0 radical (unpaired) electrons. The molecule has 2 nitrogen and oxygen atoms in total. The first-order valence-corrected chi connectivity index (χ1v) is 7.19. The molecule has 15 heavy (non-hydrogen) atoms. The van der Waals surface area contributed by atoms with E-state index >= 15 is 0 Å². The molecule has 1 atom stereocenters. The fourth-order valence-electron chi connectivity index (χ4n) is 1.75. The number of thioether (sulfide) groups is 1. The summed E-state index contributed by atoms with van der Waals surface area (Å²) >= 11 is 2.04. The number of hydrogen-bond acceptors (Lipinski definition) is 3. The maximum Gasteiger partial charge on any atom is 0.0666 e. The van der Waals surface area contributed by atoms with E-state index in [9.17, 15) is 0 Å². The van der Waals surface area contributed by atoms with Crippen molar-refractivity contribution in [2.24, 2.45) is 11.1 Å². The van der Waals surface area contributed by atoms with E-state index in [2.05, 4.69) is 13.8 Å². The van der Waals surface area contributed by atoms with Gasteiger partial charge in [0.15, 0.2) is 0 Å². The van der Waals surface area contributed by atoms with Gasteiger partial charge < -0.3 is 10.5 Å². The lowest BCUT2D eigenvalue weighted by Gasteiger charge is -2.21. The summed E-state index contributed by atoms with van der Waals surface area (Å²) < 4.78 is 5.58. The third kappa shape index (κ3) is 5.79. The first-order chi connectivity index (χ1) is 7.14. The number of rotatable bonds is 7. The molecule has 0 aromatic carbocycles. The molecule has 1 heterocycles. The van der Waals surface area contributed by atoms with Gasteiger partial charge in [0.1, 0.15) is 0 Å².